The zero-order valence-corrected chi connectivity index (χ0v) is 13.8. The maximum Gasteiger partial charge on any atom is 0.101 e. The molecule has 0 nitrogen and oxygen atoms in total. The minimum absolute atomic E-state index is 1.05. The van der Waals surface area contributed by atoms with Gasteiger partial charge in [-0.1, -0.05) is 6.32 Å². The molecule has 0 N–H and O–H groups in total. The summed E-state index contributed by atoms with van der Waals surface area (Å²) in [5.74, 6) is 17.0. The smallest absolute Gasteiger partial charge is 0.0777 e. The molecule has 0 bridgehead atoms. The Balaban J connectivity index is 1.17. The molecule has 0 saturated heterocycles. The third kappa shape index (κ3) is 0.338. The normalized spacial score (nSPS) is 107. The fourth-order valence-corrected chi connectivity index (χ4v) is 17.8. The van der Waals surface area contributed by atoms with Gasteiger partial charge in [-0.15, -0.1) is 0 Å². The van der Waals surface area contributed by atoms with Crippen molar-refractivity contribution in [3.05, 3.63) is 0 Å². The van der Waals surface area contributed by atoms with Gasteiger partial charge in [0, 0.05) is 0 Å². The van der Waals surface area contributed by atoms with Crippen LogP contribution in [0.3, 0.4) is 0 Å². The second-order valence-corrected chi connectivity index (χ2v) is 13.1. The zero-order valence-electron chi connectivity index (χ0n) is 13.8. The fourth-order valence-electron chi connectivity index (χ4n) is 17.8. The van der Waals surface area contributed by atoms with Crippen molar-refractivity contribution in [3.63, 3.8) is 0 Å². The average molecular weight is 298 g/mol. The summed E-state index contributed by atoms with van der Waals surface area (Å²) in [6.07, 6.45) is 6.69. The summed E-state index contributed by atoms with van der Waals surface area (Å²) in [6.45, 7) is 0. The first-order chi connectivity index (χ1) is 11.4. The summed E-state index contributed by atoms with van der Waals surface area (Å²) < 4.78 is 0. The topological polar surface area (TPSA) is 0 Å². The van der Waals surface area contributed by atoms with E-state index in [1.807, 2.05) is 0 Å². The van der Waals surface area contributed by atoms with Gasteiger partial charge in [0.15, 0.2) is 0 Å². The van der Waals surface area contributed by atoms with Crippen molar-refractivity contribution in [1.82, 2.24) is 0 Å². The van der Waals surface area contributed by atoms with Gasteiger partial charge in [0.1, 0.15) is 7.85 Å². The van der Waals surface area contributed by atoms with Gasteiger partial charge in [0.2, 0.25) is 0 Å². The highest BCUT2D eigenvalue weighted by Crippen LogP contribution is 3.28. The Hall–Kier alpha value is 0.0649. The highest BCUT2D eigenvalue weighted by molar-refractivity contribution is 6.08. The van der Waals surface area contributed by atoms with E-state index < -0.39 is 0 Å². The van der Waals surface area contributed by atoms with Gasteiger partial charge >= 0.3 is 0 Å². The van der Waals surface area contributed by atoms with E-state index in [2.05, 4.69) is 7.85 Å². The van der Waals surface area contributed by atoms with Gasteiger partial charge in [0.25, 0.3) is 0 Å². The lowest BCUT2D eigenvalue weighted by atomic mass is 8.75. The Morgan fingerprint density at radius 3 is 1.91 bits per heavy atom. The lowest BCUT2D eigenvalue weighted by Crippen LogP contribution is -3.26. The van der Waals surface area contributed by atoms with Crippen LogP contribution in [0.2, 0.25) is 6.32 Å². The van der Waals surface area contributed by atoms with Gasteiger partial charge in [-0.05, 0) is 123 Å². The van der Waals surface area contributed by atoms with Crippen LogP contribution >= 0.6 is 0 Å². The van der Waals surface area contributed by atoms with E-state index in [1.165, 1.54) is 76.9 Å². The van der Waals surface area contributed by atoms with Gasteiger partial charge in [-0.3, -0.25) is 0 Å². The molecule has 0 radical (unpaired) electrons. The van der Waals surface area contributed by atoms with Gasteiger partial charge < -0.3 is 0 Å². The number of hydrogen-bond acceptors (Lipinski definition) is 0. The third-order valence-electron chi connectivity index (χ3n) is 15.9. The van der Waals surface area contributed by atoms with Crippen LogP contribution in [0.25, 0.3) is 0 Å². The Morgan fingerprint density at radius 1 is 0.609 bits per heavy atom. The molecule has 1 heteroatoms. The molecule has 0 heterocycles. The fraction of sp³-hybridized carbons (Fsp3) is 1.00. The molecule has 18 atom stereocenters. The summed E-state index contributed by atoms with van der Waals surface area (Å²) in [4.78, 5) is 0. The molecule has 0 aromatic heterocycles. The monoisotopic (exact) mass is 298 g/mol. The molecule has 12 aliphatic rings. The molecule has 12 fully saturated rings. The van der Waals surface area contributed by atoms with Gasteiger partial charge in [-0.2, -0.15) is 0 Å². The molecule has 17 unspecified atom stereocenters. The van der Waals surface area contributed by atoms with Crippen molar-refractivity contribution < 1.29 is 0 Å². The molecule has 12 rings (SSSR count). The SMILES string of the molecule is BC[C@@H]1C2CC3C4C5C6C7CC8CC9C%10C%11C%12C1C32C4%12C5%11C6%10C879. The van der Waals surface area contributed by atoms with E-state index in [0.29, 0.717) is 0 Å². The summed E-state index contributed by atoms with van der Waals surface area (Å²) in [5, 5.41) is 0. The molecule has 23 heavy (non-hydrogen) atoms. The van der Waals surface area contributed by atoms with Crippen LogP contribution in [0, 0.1) is 104 Å². The average Bonchev–Trinajstić information content (AvgIpc) is 2.43. The Morgan fingerprint density at radius 2 is 1.22 bits per heavy atom. The Kier molecular flexibility index (Phi) is 0.772. The van der Waals surface area contributed by atoms with Crippen molar-refractivity contribution in [1.29, 1.82) is 0 Å². The minimum atomic E-state index is 1.05. The lowest BCUT2D eigenvalue weighted by molar-refractivity contribution is -0.828. The van der Waals surface area contributed by atoms with Crippen LogP contribution in [-0.2, 0) is 0 Å². The molecule has 5 spiro atoms. The van der Waals surface area contributed by atoms with E-state index in [9.17, 15) is 0 Å². The van der Waals surface area contributed by atoms with Crippen LogP contribution in [-0.4, -0.2) is 7.85 Å². The van der Waals surface area contributed by atoms with Gasteiger partial charge in [0.05, 0.1) is 0 Å². The molecular formula is C22H23B. The molecule has 0 aromatic carbocycles. The van der Waals surface area contributed by atoms with Crippen LogP contribution in [0.15, 0.2) is 0 Å². The predicted molar refractivity (Wildman–Crippen MR) is 84.7 cm³/mol. The van der Waals surface area contributed by atoms with E-state index in [0.717, 1.165) is 27.1 Å². The van der Waals surface area contributed by atoms with E-state index in [-0.39, 0.29) is 0 Å². The Bertz CT molecular complexity index is 910. The maximum atomic E-state index is 2.53. The number of rotatable bonds is 1. The second kappa shape index (κ2) is 1.83. The first-order valence-corrected chi connectivity index (χ1v) is 11.4. The van der Waals surface area contributed by atoms with Crippen molar-refractivity contribution in [2.45, 2.75) is 25.6 Å². The quantitative estimate of drug-likeness (QED) is 0.652. The van der Waals surface area contributed by atoms with Crippen LogP contribution in [0.4, 0.5) is 0 Å². The van der Waals surface area contributed by atoms with E-state index in [4.69, 9.17) is 0 Å². The van der Waals surface area contributed by atoms with Crippen LogP contribution < -0.4 is 0 Å². The summed E-state index contributed by atoms with van der Waals surface area (Å²) in [7, 11) is 2.53. The van der Waals surface area contributed by atoms with E-state index in [1.54, 1.807) is 25.6 Å². The number of hydrogen-bond donors (Lipinski definition) is 0. The zero-order chi connectivity index (χ0) is 13.8. The summed E-state index contributed by atoms with van der Waals surface area (Å²) >= 11 is 0. The van der Waals surface area contributed by atoms with Crippen molar-refractivity contribution in [2.24, 2.45) is 104 Å². The minimum Gasteiger partial charge on any atom is -0.0777 e. The molecule has 0 aliphatic heterocycles. The Labute approximate surface area is 137 Å². The van der Waals surface area contributed by atoms with Gasteiger partial charge in [-0.25, -0.2) is 0 Å². The van der Waals surface area contributed by atoms with Crippen molar-refractivity contribution >= 4 is 7.85 Å². The molecule has 0 aromatic rings. The maximum absolute atomic E-state index is 2.53. The van der Waals surface area contributed by atoms with Crippen LogP contribution in [0.1, 0.15) is 19.3 Å². The third-order valence-corrected chi connectivity index (χ3v) is 15.9. The van der Waals surface area contributed by atoms with Crippen LogP contribution in [0.5, 0.6) is 0 Å². The summed E-state index contributed by atoms with van der Waals surface area (Å²) in [5.41, 5.74) is 5.37. The van der Waals surface area contributed by atoms with Crippen molar-refractivity contribution in [3.8, 4) is 0 Å². The van der Waals surface area contributed by atoms with Crippen molar-refractivity contribution in [2.75, 3.05) is 0 Å². The highest BCUT2D eigenvalue weighted by Gasteiger charge is 3.26. The largest absolute Gasteiger partial charge is 0.101 e. The molecule has 114 valence electrons. The highest BCUT2D eigenvalue weighted by atomic mass is 15.3. The first-order valence-electron chi connectivity index (χ1n) is 11.4. The summed E-state index contributed by atoms with van der Waals surface area (Å²) in [6, 6.07) is 0. The standard InChI is InChI=1S/C22H23B/c23-4-6-7-3-10-14-16-12-8-1-5-2-9-13-17-15-11(6)19(7,10)21(14,15)22(16,17)20(12,13)18(5,8)9/h5-17H,1-4,23H2/t5?,6-,7?,8?,9?,10?,11?,12?,13?,14?,15?,16?,17?,18?,19?,20?,21?,22?/m1/s1. The first kappa shape index (κ1) is 9.68. The molecular weight excluding hydrogens is 275 g/mol. The number of fused-ring (bicyclic) bond motifs is 8. The lowest BCUT2D eigenvalue weighted by Gasteiger charge is -3.28. The second-order valence-electron chi connectivity index (χ2n) is 13.1. The molecule has 0 amide bonds. The predicted octanol–water partition coefficient (Wildman–Crippen LogP) is 2.31. The molecule has 12 aliphatic carbocycles. The molecule has 12 saturated carbocycles. The van der Waals surface area contributed by atoms with E-state index >= 15 is 0 Å².